The predicted molar refractivity (Wildman–Crippen MR) is 242 cm³/mol. The third-order valence-electron chi connectivity index (χ3n) is 11.0. The molecule has 3 heterocycles. The van der Waals surface area contributed by atoms with E-state index in [4.69, 9.17) is 24.7 Å². The number of rotatable bonds is 18. The zero-order valence-electron chi connectivity index (χ0n) is 36.3. The second-order valence-electron chi connectivity index (χ2n) is 17.1. The van der Waals surface area contributed by atoms with Crippen LogP contribution in [-0.2, 0) is 22.6 Å². The Kier molecular flexibility index (Phi) is 14.4. The fourth-order valence-electron chi connectivity index (χ4n) is 7.70. The normalized spacial score (nSPS) is 16.2. The number of alkyl carbamates (subject to hydrolysis) is 1. The highest BCUT2D eigenvalue weighted by atomic mass is 32.1. The molecule has 1 saturated carbocycles. The molecule has 3 aromatic carbocycles. The standard InChI is InChI=1S/C47H60N8O5S/c1-31(26-55(36-15-16-36)41-23-34(44-32(2)50-29-61-44)13-14-35(41)28-59-46(56)51-47(3,4)5)19-22-58-37-17-11-33(12-18-37)27-54-21-20-49-25-42(54)39-24-40(52-53-45(39)48)38-9-7-8-10-43(38)60-30-57-6/h7-14,17-18,23-24,29,31,36,42,49H,15-16,19-22,25-28,30H2,1-6H3,(H2,48,53)(H,51,56). The Morgan fingerprint density at radius 2 is 1.87 bits per heavy atom. The van der Waals surface area contributed by atoms with Crippen molar-refractivity contribution in [1.29, 1.82) is 0 Å². The molecule has 61 heavy (non-hydrogen) atoms. The second-order valence-corrected chi connectivity index (χ2v) is 18.0. The quantitative estimate of drug-likeness (QED) is 0.0728. The van der Waals surface area contributed by atoms with Crippen LogP contribution in [0.2, 0.25) is 0 Å². The number of carbonyl (C=O) groups excluding carboxylic acids is 1. The molecule has 5 aromatic rings. The van der Waals surface area contributed by atoms with Crippen LogP contribution in [-0.4, -0.2) is 84.4 Å². The molecule has 2 aromatic heterocycles. The van der Waals surface area contributed by atoms with Gasteiger partial charge in [-0.2, -0.15) is 0 Å². The van der Waals surface area contributed by atoms with Crippen LogP contribution < -0.4 is 30.7 Å². The number of thiazole rings is 1. The molecule has 2 atom stereocenters. The van der Waals surface area contributed by atoms with Crippen molar-refractivity contribution in [1.82, 2.24) is 30.7 Å². The molecule has 2 unspecified atom stereocenters. The number of hydrogen-bond acceptors (Lipinski definition) is 13. The number of ether oxygens (including phenoxy) is 4. The third kappa shape index (κ3) is 11.8. The van der Waals surface area contributed by atoms with Crippen LogP contribution in [0.15, 0.2) is 78.3 Å². The molecule has 7 rings (SSSR count). The first kappa shape index (κ1) is 43.8. The van der Waals surface area contributed by atoms with Crippen molar-refractivity contribution in [3.8, 4) is 33.2 Å². The molecule has 1 saturated heterocycles. The minimum absolute atomic E-state index is 0.0125. The Balaban J connectivity index is 0.972. The monoisotopic (exact) mass is 848 g/mol. The van der Waals surface area contributed by atoms with E-state index in [-0.39, 0.29) is 25.0 Å². The van der Waals surface area contributed by atoms with Gasteiger partial charge in [0, 0.05) is 73.8 Å². The van der Waals surface area contributed by atoms with Crippen LogP contribution >= 0.6 is 11.3 Å². The number of anilines is 2. The number of piperazine rings is 1. The van der Waals surface area contributed by atoms with Crippen molar-refractivity contribution < 1.29 is 23.7 Å². The first-order chi connectivity index (χ1) is 29.5. The SMILES string of the molecule is COCOc1ccccc1-c1cc(C2CNCCN2Cc2ccc(OCCC(C)CN(c3cc(-c4scnc4C)ccc3COC(=O)NC(C)(C)C)C3CC3)cc2)c(N)nn1. The number of amides is 1. The van der Waals surface area contributed by atoms with Crippen LogP contribution in [0.3, 0.4) is 0 Å². The lowest BCUT2D eigenvalue weighted by Gasteiger charge is -2.36. The van der Waals surface area contributed by atoms with Gasteiger partial charge >= 0.3 is 6.09 Å². The summed E-state index contributed by atoms with van der Waals surface area (Å²) in [6.45, 7) is 15.2. The Hall–Kier alpha value is -5.28. The topological polar surface area (TPSA) is 149 Å². The smallest absolute Gasteiger partial charge is 0.407 e. The zero-order chi connectivity index (χ0) is 42.9. The molecule has 0 spiro atoms. The van der Waals surface area contributed by atoms with E-state index in [9.17, 15) is 4.79 Å². The average molecular weight is 849 g/mol. The number of methoxy groups -OCH3 is 1. The number of nitrogens with two attached hydrogens (primary N) is 1. The van der Waals surface area contributed by atoms with E-state index in [2.05, 4.69) is 85.0 Å². The number of aryl methyl sites for hydroxylation is 1. The van der Waals surface area contributed by atoms with E-state index in [1.54, 1.807) is 18.4 Å². The van der Waals surface area contributed by atoms with Gasteiger partial charge in [-0.1, -0.05) is 43.3 Å². The van der Waals surface area contributed by atoms with Gasteiger partial charge in [-0.15, -0.1) is 21.5 Å². The summed E-state index contributed by atoms with van der Waals surface area (Å²) in [7, 11) is 1.60. The first-order valence-electron chi connectivity index (χ1n) is 21.2. The number of aromatic nitrogens is 3. The molecule has 1 aliphatic heterocycles. The van der Waals surface area contributed by atoms with Gasteiger partial charge in [0.1, 0.15) is 18.1 Å². The number of nitrogen functional groups attached to an aromatic ring is 1. The third-order valence-corrected chi connectivity index (χ3v) is 12.0. The maximum absolute atomic E-state index is 12.7. The maximum Gasteiger partial charge on any atom is 0.407 e. The summed E-state index contributed by atoms with van der Waals surface area (Å²) in [6.07, 6.45) is 2.77. The highest BCUT2D eigenvalue weighted by Crippen LogP contribution is 2.39. The lowest BCUT2D eigenvalue weighted by atomic mass is 10.0. The summed E-state index contributed by atoms with van der Waals surface area (Å²) in [5.74, 6) is 2.31. The fraction of sp³-hybridized carbons (Fsp3) is 0.447. The van der Waals surface area contributed by atoms with Crippen LogP contribution in [0.25, 0.3) is 21.7 Å². The van der Waals surface area contributed by atoms with E-state index in [1.165, 1.54) is 5.56 Å². The lowest BCUT2D eigenvalue weighted by Crippen LogP contribution is -2.45. The number of carbonyl (C=O) groups is 1. The summed E-state index contributed by atoms with van der Waals surface area (Å²) in [5.41, 5.74) is 15.9. The fourth-order valence-corrected chi connectivity index (χ4v) is 8.51. The lowest BCUT2D eigenvalue weighted by molar-refractivity contribution is 0.0515. The molecule has 13 nitrogen and oxygen atoms in total. The average Bonchev–Trinajstić information content (AvgIpc) is 4.00. The van der Waals surface area contributed by atoms with Gasteiger partial charge in [-0.3, -0.25) is 4.90 Å². The minimum Gasteiger partial charge on any atom is -0.494 e. The van der Waals surface area contributed by atoms with Gasteiger partial charge in [-0.05, 0) is 100 Å². The van der Waals surface area contributed by atoms with Crippen molar-refractivity contribution in [2.75, 3.05) is 57.3 Å². The summed E-state index contributed by atoms with van der Waals surface area (Å²) < 4.78 is 23.0. The van der Waals surface area contributed by atoms with Gasteiger partial charge in [0.2, 0.25) is 0 Å². The van der Waals surface area contributed by atoms with Crippen molar-refractivity contribution in [3.05, 3.63) is 101 Å². The van der Waals surface area contributed by atoms with Crippen LogP contribution in [0.4, 0.5) is 16.3 Å². The number of nitrogens with one attached hydrogen (secondary N) is 2. The maximum atomic E-state index is 12.7. The van der Waals surface area contributed by atoms with Gasteiger partial charge < -0.3 is 40.2 Å². The second kappa shape index (κ2) is 20.1. The summed E-state index contributed by atoms with van der Waals surface area (Å²) in [5, 5.41) is 15.3. The molecular weight excluding hydrogens is 789 g/mol. The van der Waals surface area contributed by atoms with Crippen molar-refractivity contribution in [2.45, 2.75) is 84.7 Å². The molecule has 1 amide bonds. The number of para-hydroxylation sites is 1. The predicted octanol–water partition coefficient (Wildman–Crippen LogP) is 8.39. The molecular formula is C47H60N8O5S. The van der Waals surface area contributed by atoms with E-state index in [1.807, 2.05) is 63.5 Å². The van der Waals surface area contributed by atoms with E-state index < -0.39 is 6.09 Å². The largest absolute Gasteiger partial charge is 0.494 e. The van der Waals surface area contributed by atoms with Crippen LogP contribution in [0.5, 0.6) is 11.5 Å². The molecule has 0 bridgehead atoms. The van der Waals surface area contributed by atoms with Crippen molar-refractivity contribution in [2.24, 2.45) is 5.92 Å². The van der Waals surface area contributed by atoms with Gasteiger partial charge in [0.25, 0.3) is 0 Å². The van der Waals surface area contributed by atoms with Gasteiger partial charge in [0.15, 0.2) is 12.6 Å². The molecule has 14 heteroatoms. The van der Waals surface area contributed by atoms with E-state index in [0.717, 1.165) is 96.2 Å². The van der Waals surface area contributed by atoms with Gasteiger partial charge in [-0.25, -0.2) is 9.78 Å². The van der Waals surface area contributed by atoms with E-state index >= 15 is 0 Å². The van der Waals surface area contributed by atoms with Crippen LogP contribution in [0, 0.1) is 12.8 Å². The Labute approximate surface area is 364 Å². The molecule has 2 aliphatic rings. The summed E-state index contributed by atoms with van der Waals surface area (Å²) in [4.78, 5) is 23.3. The molecule has 4 N–H and O–H groups in total. The highest BCUT2D eigenvalue weighted by Gasteiger charge is 2.32. The highest BCUT2D eigenvalue weighted by molar-refractivity contribution is 7.13. The van der Waals surface area contributed by atoms with Crippen LogP contribution in [0.1, 0.15) is 75.4 Å². The van der Waals surface area contributed by atoms with Gasteiger partial charge in [0.05, 0.1) is 34.4 Å². The van der Waals surface area contributed by atoms with Crippen molar-refractivity contribution in [3.63, 3.8) is 0 Å². The molecule has 324 valence electrons. The molecule has 1 aliphatic carbocycles. The Morgan fingerprint density at radius 3 is 2.61 bits per heavy atom. The van der Waals surface area contributed by atoms with Crippen molar-refractivity contribution >= 4 is 28.9 Å². The minimum atomic E-state index is -0.417. The molecule has 0 radical (unpaired) electrons. The van der Waals surface area contributed by atoms with E-state index in [0.29, 0.717) is 35.8 Å². The number of nitrogens with zero attached hydrogens (tertiary/aromatic N) is 5. The number of benzene rings is 3. The Morgan fingerprint density at radius 1 is 1.07 bits per heavy atom. The molecule has 2 fully saturated rings. The Bertz CT molecular complexity index is 2220. The summed E-state index contributed by atoms with van der Waals surface area (Å²) >= 11 is 1.65. The summed E-state index contributed by atoms with van der Waals surface area (Å²) in [6, 6.07) is 25.2. The first-order valence-corrected chi connectivity index (χ1v) is 22.1. The number of hydrogen-bond donors (Lipinski definition) is 3. The zero-order valence-corrected chi connectivity index (χ0v) is 37.1.